The van der Waals surface area contributed by atoms with E-state index in [9.17, 15) is 4.79 Å². The lowest BCUT2D eigenvalue weighted by Crippen LogP contribution is -2.24. The monoisotopic (exact) mass is 361 g/mol. The summed E-state index contributed by atoms with van der Waals surface area (Å²) in [5, 5.41) is 7.24. The Morgan fingerprint density at radius 2 is 1.85 bits per heavy atom. The number of aromatic nitrogens is 2. The molecule has 1 aliphatic rings. The molecule has 2 aromatic carbocycles. The maximum Gasteiger partial charge on any atom is 0.255 e. The lowest BCUT2D eigenvalue weighted by Gasteiger charge is -2.22. The minimum absolute atomic E-state index is 0.136. The van der Waals surface area contributed by atoms with Gasteiger partial charge in [-0.05, 0) is 42.5 Å². The standard InChI is InChI=1S/C22H23N3O2/c26-22(19-11-9-18(10-12-19)17-6-2-1-3-7-17)24-20-14-23-25(15-20)16-21-8-4-5-13-27-21/h1-3,6-7,9-12,14-15,21H,4-5,8,13,16H2,(H,24,26). The van der Waals surface area contributed by atoms with E-state index < -0.39 is 0 Å². The van der Waals surface area contributed by atoms with Gasteiger partial charge >= 0.3 is 0 Å². The molecule has 1 fully saturated rings. The molecular formula is C22H23N3O2. The number of nitrogens with zero attached hydrogens (tertiary/aromatic N) is 2. The fourth-order valence-corrected chi connectivity index (χ4v) is 3.34. The number of hydrogen-bond donors (Lipinski definition) is 1. The van der Waals surface area contributed by atoms with Gasteiger partial charge in [0.25, 0.3) is 5.91 Å². The molecule has 5 heteroatoms. The number of carbonyl (C=O) groups is 1. The van der Waals surface area contributed by atoms with Crippen LogP contribution in [-0.4, -0.2) is 28.4 Å². The van der Waals surface area contributed by atoms with Crippen molar-refractivity contribution in [3.8, 4) is 11.1 Å². The van der Waals surface area contributed by atoms with E-state index in [0.29, 0.717) is 11.3 Å². The molecule has 0 aliphatic carbocycles. The van der Waals surface area contributed by atoms with Gasteiger partial charge in [0.1, 0.15) is 0 Å². The molecular weight excluding hydrogens is 338 g/mol. The number of rotatable bonds is 5. The van der Waals surface area contributed by atoms with Crippen molar-refractivity contribution in [1.29, 1.82) is 0 Å². The van der Waals surface area contributed by atoms with Crippen LogP contribution in [0.25, 0.3) is 11.1 Å². The van der Waals surface area contributed by atoms with E-state index >= 15 is 0 Å². The van der Waals surface area contributed by atoms with Gasteiger partial charge in [-0.1, -0.05) is 42.5 Å². The molecule has 1 aliphatic heterocycles. The van der Waals surface area contributed by atoms with Crippen LogP contribution >= 0.6 is 0 Å². The van der Waals surface area contributed by atoms with E-state index in [1.165, 1.54) is 6.42 Å². The van der Waals surface area contributed by atoms with Crippen molar-refractivity contribution in [2.24, 2.45) is 0 Å². The van der Waals surface area contributed by atoms with Gasteiger partial charge in [-0.2, -0.15) is 5.10 Å². The number of anilines is 1. The topological polar surface area (TPSA) is 56.2 Å². The van der Waals surface area contributed by atoms with Crippen molar-refractivity contribution in [3.05, 3.63) is 72.6 Å². The Labute approximate surface area is 159 Å². The van der Waals surface area contributed by atoms with Crippen LogP contribution < -0.4 is 5.32 Å². The van der Waals surface area contributed by atoms with Crippen molar-refractivity contribution in [2.75, 3.05) is 11.9 Å². The summed E-state index contributed by atoms with van der Waals surface area (Å²) in [5.74, 6) is -0.136. The fourth-order valence-electron chi connectivity index (χ4n) is 3.34. The highest BCUT2D eigenvalue weighted by Crippen LogP contribution is 2.20. The van der Waals surface area contributed by atoms with E-state index in [0.717, 1.165) is 37.1 Å². The molecule has 4 rings (SSSR count). The number of hydrogen-bond acceptors (Lipinski definition) is 3. The van der Waals surface area contributed by atoms with Crippen LogP contribution in [0.3, 0.4) is 0 Å². The van der Waals surface area contributed by atoms with Crippen LogP contribution in [0, 0.1) is 0 Å². The van der Waals surface area contributed by atoms with Crippen molar-refractivity contribution < 1.29 is 9.53 Å². The number of nitrogens with one attached hydrogen (secondary N) is 1. The predicted octanol–water partition coefficient (Wildman–Crippen LogP) is 4.37. The molecule has 0 saturated carbocycles. The SMILES string of the molecule is O=C(Nc1cnn(CC2CCCCO2)c1)c1ccc(-c2ccccc2)cc1. The first kappa shape index (κ1) is 17.5. The highest BCUT2D eigenvalue weighted by Gasteiger charge is 2.15. The normalized spacial score (nSPS) is 16.8. The molecule has 1 atom stereocenters. The molecule has 2 heterocycles. The Morgan fingerprint density at radius 3 is 2.59 bits per heavy atom. The summed E-state index contributed by atoms with van der Waals surface area (Å²) in [6, 6.07) is 17.7. The molecule has 1 unspecified atom stereocenters. The van der Waals surface area contributed by atoms with Crippen LogP contribution in [0.2, 0.25) is 0 Å². The zero-order chi connectivity index (χ0) is 18.5. The first-order chi connectivity index (χ1) is 13.3. The Balaban J connectivity index is 1.37. The minimum atomic E-state index is -0.136. The second-order valence-corrected chi connectivity index (χ2v) is 6.84. The van der Waals surface area contributed by atoms with E-state index in [1.54, 1.807) is 6.20 Å². The van der Waals surface area contributed by atoms with E-state index in [-0.39, 0.29) is 12.0 Å². The molecule has 1 N–H and O–H groups in total. The van der Waals surface area contributed by atoms with Gasteiger partial charge in [-0.25, -0.2) is 0 Å². The maximum atomic E-state index is 12.5. The molecule has 1 aromatic heterocycles. The lowest BCUT2D eigenvalue weighted by atomic mass is 10.0. The second kappa shape index (κ2) is 8.18. The van der Waals surface area contributed by atoms with Crippen molar-refractivity contribution in [2.45, 2.75) is 31.9 Å². The van der Waals surface area contributed by atoms with Gasteiger partial charge in [-0.3, -0.25) is 9.48 Å². The lowest BCUT2D eigenvalue weighted by molar-refractivity contribution is 0.00401. The third-order valence-electron chi connectivity index (χ3n) is 4.81. The molecule has 3 aromatic rings. The number of amides is 1. The molecule has 0 radical (unpaired) electrons. The Bertz CT molecular complexity index is 881. The summed E-state index contributed by atoms with van der Waals surface area (Å²) in [5.41, 5.74) is 3.55. The summed E-state index contributed by atoms with van der Waals surface area (Å²) >= 11 is 0. The summed E-state index contributed by atoms with van der Waals surface area (Å²) in [4.78, 5) is 12.5. The maximum absolute atomic E-state index is 12.5. The van der Waals surface area contributed by atoms with Gasteiger partial charge < -0.3 is 10.1 Å². The summed E-state index contributed by atoms with van der Waals surface area (Å²) in [6.45, 7) is 1.55. The van der Waals surface area contributed by atoms with E-state index in [2.05, 4.69) is 22.5 Å². The van der Waals surface area contributed by atoms with Crippen LogP contribution in [0.15, 0.2) is 67.0 Å². The van der Waals surface area contributed by atoms with Gasteiger partial charge in [0.2, 0.25) is 0 Å². The average molecular weight is 361 g/mol. The first-order valence-corrected chi connectivity index (χ1v) is 9.39. The molecule has 0 bridgehead atoms. The van der Waals surface area contributed by atoms with Crippen molar-refractivity contribution in [3.63, 3.8) is 0 Å². The Hall–Kier alpha value is -2.92. The minimum Gasteiger partial charge on any atom is -0.376 e. The highest BCUT2D eigenvalue weighted by molar-refractivity contribution is 6.04. The molecule has 0 spiro atoms. The van der Waals surface area contributed by atoms with Crippen molar-refractivity contribution in [1.82, 2.24) is 9.78 Å². The van der Waals surface area contributed by atoms with Crippen LogP contribution in [-0.2, 0) is 11.3 Å². The predicted molar refractivity (Wildman–Crippen MR) is 106 cm³/mol. The molecule has 27 heavy (non-hydrogen) atoms. The third kappa shape index (κ3) is 4.44. The molecule has 1 amide bonds. The number of benzene rings is 2. The second-order valence-electron chi connectivity index (χ2n) is 6.84. The number of ether oxygens (including phenoxy) is 1. The van der Waals surface area contributed by atoms with Gasteiger partial charge in [-0.15, -0.1) is 0 Å². The fraction of sp³-hybridized carbons (Fsp3) is 0.273. The van der Waals surface area contributed by atoms with Crippen LogP contribution in [0.4, 0.5) is 5.69 Å². The van der Waals surface area contributed by atoms with E-state index in [4.69, 9.17) is 4.74 Å². The van der Waals surface area contributed by atoms with Crippen molar-refractivity contribution >= 4 is 11.6 Å². The highest BCUT2D eigenvalue weighted by atomic mass is 16.5. The third-order valence-corrected chi connectivity index (χ3v) is 4.81. The zero-order valence-electron chi connectivity index (χ0n) is 15.2. The average Bonchev–Trinajstić information content (AvgIpc) is 3.16. The quantitative estimate of drug-likeness (QED) is 0.734. The summed E-state index contributed by atoms with van der Waals surface area (Å²) in [7, 11) is 0. The molecule has 1 saturated heterocycles. The van der Waals surface area contributed by atoms with Gasteiger partial charge in [0.15, 0.2) is 0 Å². The van der Waals surface area contributed by atoms with Crippen LogP contribution in [0.1, 0.15) is 29.6 Å². The Morgan fingerprint density at radius 1 is 1.07 bits per heavy atom. The van der Waals surface area contributed by atoms with E-state index in [1.807, 2.05) is 53.3 Å². The van der Waals surface area contributed by atoms with Crippen LogP contribution in [0.5, 0.6) is 0 Å². The largest absolute Gasteiger partial charge is 0.376 e. The molecule has 138 valence electrons. The summed E-state index contributed by atoms with van der Waals surface area (Å²) < 4.78 is 7.58. The van der Waals surface area contributed by atoms with Gasteiger partial charge in [0.05, 0.1) is 24.5 Å². The first-order valence-electron chi connectivity index (χ1n) is 9.39. The Kier molecular flexibility index (Phi) is 5.30. The smallest absolute Gasteiger partial charge is 0.255 e. The zero-order valence-corrected chi connectivity index (χ0v) is 15.2. The number of carbonyl (C=O) groups excluding carboxylic acids is 1. The summed E-state index contributed by atoms with van der Waals surface area (Å²) in [6.07, 6.45) is 7.16. The van der Waals surface area contributed by atoms with Gasteiger partial charge in [0, 0.05) is 18.4 Å². The molecule has 5 nitrogen and oxygen atoms in total.